The number of nitrogens with one attached hydrogen (secondary N) is 1. The van der Waals surface area contributed by atoms with Gasteiger partial charge in [0.05, 0.1) is 12.7 Å². The SMILES string of the molecule is COc1cc(C)cc(C)c1C(=O)NN(C)C. The van der Waals surface area contributed by atoms with Crippen molar-refractivity contribution in [2.75, 3.05) is 21.2 Å². The molecular formula is C12H18N2O2. The monoisotopic (exact) mass is 222 g/mol. The summed E-state index contributed by atoms with van der Waals surface area (Å²) in [5.74, 6) is 0.455. The molecule has 0 aliphatic carbocycles. The van der Waals surface area contributed by atoms with Gasteiger partial charge in [-0.1, -0.05) is 6.07 Å². The van der Waals surface area contributed by atoms with Gasteiger partial charge < -0.3 is 4.74 Å². The lowest BCUT2D eigenvalue weighted by Gasteiger charge is -2.16. The summed E-state index contributed by atoms with van der Waals surface area (Å²) < 4.78 is 5.23. The average molecular weight is 222 g/mol. The molecule has 1 amide bonds. The highest BCUT2D eigenvalue weighted by atomic mass is 16.5. The van der Waals surface area contributed by atoms with Crippen molar-refractivity contribution in [2.45, 2.75) is 13.8 Å². The van der Waals surface area contributed by atoms with Crippen molar-refractivity contribution in [3.63, 3.8) is 0 Å². The number of ether oxygens (including phenoxy) is 1. The van der Waals surface area contributed by atoms with E-state index >= 15 is 0 Å². The number of carbonyl (C=O) groups is 1. The summed E-state index contributed by atoms with van der Waals surface area (Å²) in [6, 6.07) is 3.82. The molecular weight excluding hydrogens is 204 g/mol. The van der Waals surface area contributed by atoms with Crippen molar-refractivity contribution < 1.29 is 9.53 Å². The van der Waals surface area contributed by atoms with Gasteiger partial charge >= 0.3 is 0 Å². The summed E-state index contributed by atoms with van der Waals surface area (Å²) in [6.07, 6.45) is 0. The van der Waals surface area contributed by atoms with E-state index in [-0.39, 0.29) is 5.91 Å². The van der Waals surface area contributed by atoms with Crippen LogP contribution in [0.4, 0.5) is 0 Å². The first-order valence-corrected chi connectivity index (χ1v) is 5.09. The number of rotatable bonds is 3. The van der Waals surface area contributed by atoms with Gasteiger partial charge in [-0.3, -0.25) is 10.2 Å². The van der Waals surface area contributed by atoms with Crippen LogP contribution in [0, 0.1) is 13.8 Å². The number of hydrogen-bond donors (Lipinski definition) is 1. The molecule has 0 unspecified atom stereocenters. The highest BCUT2D eigenvalue weighted by Gasteiger charge is 2.16. The second-order valence-corrected chi connectivity index (χ2v) is 3.99. The maximum atomic E-state index is 11.9. The third kappa shape index (κ3) is 2.73. The maximum absolute atomic E-state index is 11.9. The van der Waals surface area contributed by atoms with E-state index in [1.807, 2.05) is 26.0 Å². The van der Waals surface area contributed by atoms with Gasteiger partial charge in [0.2, 0.25) is 0 Å². The zero-order valence-electron chi connectivity index (χ0n) is 10.4. The van der Waals surface area contributed by atoms with Gasteiger partial charge in [-0.15, -0.1) is 0 Å². The van der Waals surface area contributed by atoms with Gasteiger partial charge in [0.15, 0.2) is 0 Å². The smallest absolute Gasteiger partial charge is 0.269 e. The van der Waals surface area contributed by atoms with Crippen LogP contribution in [0.25, 0.3) is 0 Å². The van der Waals surface area contributed by atoms with Crippen molar-refractivity contribution in [1.29, 1.82) is 0 Å². The average Bonchev–Trinajstić information content (AvgIpc) is 2.14. The molecule has 4 nitrogen and oxygen atoms in total. The number of methoxy groups -OCH3 is 1. The van der Waals surface area contributed by atoms with Crippen LogP contribution in [0.2, 0.25) is 0 Å². The molecule has 0 saturated carbocycles. The number of aryl methyl sites for hydroxylation is 2. The molecule has 0 aliphatic rings. The van der Waals surface area contributed by atoms with Crippen LogP contribution in [0.15, 0.2) is 12.1 Å². The lowest BCUT2D eigenvalue weighted by atomic mass is 10.0. The Bertz CT molecular complexity index is 400. The van der Waals surface area contributed by atoms with Crippen LogP contribution < -0.4 is 10.2 Å². The van der Waals surface area contributed by atoms with Crippen LogP contribution in [0.3, 0.4) is 0 Å². The molecule has 1 aromatic rings. The molecule has 1 aromatic carbocycles. The zero-order chi connectivity index (χ0) is 12.3. The lowest BCUT2D eigenvalue weighted by Crippen LogP contribution is -2.36. The van der Waals surface area contributed by atoms with E-state index in [4.69, 9.17) is 4.74 Å². The number of carbonyl (C=O) groups excluding carboxylic acids is 1. The van der Waals surface area contributed by atoms with Gasteiger partial charge in [-0.05, 0) is 31.0 Å². The molecule has 0 aliphatic heterocycles. The van der Waals surface area contributed by atoms with Crippen LogP contribution >= 0.6 is 0 Å². The molecule has 0 saturated heterocycles. The predicted octanol–water partition coefficient (Wildman–Crippen LogP) is 1.52. The standard InChI is InChI=1S/C12H18N2O2/c1-8-6-9(2)11(10(7-8)16-5)12(15)13-14(3)4/h6-7H,1-5H3,(H,13,15). The molecule has 16 heavy (non-hydrogen) atoms. The van der Waals surface area contributed by atoms with Gasteiger partial charge in [0, 0.05) is 14.1 Å². The minimum Gasteiger partial charge on any atom is -0.496 e. The van der Waals surface area contributed by atoms with E-state index in [1.54, 1.807) is 26.2 Å². The fourth-order valence-electron chi connectivity index (χ4n) is 1.64. The van der Waals surface area contributed by atoms with Gasteiger partial charge in [0.25, 0.3) is 5.91 Å². The first-order chi connectivity index (χ1) is 7.45. The normalized spacial score (nSPS) is 10.4. The lowest BCUT2D eigenvalue weighted by molar-refractivity contribution is 0.0853. The molecule has 1 rings (SSSR count). The van der Waals surface area contributed by atoms with Crippen LogP contribution in [-0.4, -0.2) is 32.1 Å². The summed E-state index contributed by atoms with van der Waals surface area (Å²) in [4.78, 5) is 11.9. The molecule has 0 atom stereocenters. The predicted molar refractivity (Wildman–Crippen MR) is 63.6 cm³/mol. The Labute approximate surface area is 96.2 Å². The van der Waals surface area contributed by atoms with E-state index in [1.165, 1.54) is 0 Å². The quantitative estimate of drug-likeness (QED) is 0.788. The Hall–Kier alpha value is -1.55. The van der Waals surface area contributed by atoms with Crippen molar-refractivity contribution in [2.24, 2.45) is 0 Å². The Morgan fingerprint density at radius 2 is 1.94 bits per heavy atom. The number of hydrogen-bond acceptors (Lipinski definition) is 3. The third-order valence-corrected chi connectivity index (χ3v) is 2.22. The largest absolute Gasteiger partial charge is 0.496 e. The van der Waals surface area contributed by atoms with Crippen LogP contribution in [0.1, 0.15) is 21.5 Å². The number of amides is 1. The van der Waals surface area contributed by atoms with Crippen molar-refractivity contribution in [3.8, 4) is 5.75 Å². The molecule has 88 valence electrons. The van der Waals surface area contributed by atoms with E-state index < -0.39 is 0 Å². The van der Waals surface area contributed by atoms with Gasteiger partial charge in [-0.2, -0.15) is 0 Å². The summed E-state index contributed by atoms with van der Waals surface area (Å²) in [7, 11) is 5.11. The van der Waals surface area contributed by atoms with E-state index in [9.17, 15) is 4.79 Å². The molecule has 0 heterocycles. The second kappa shape index (κ2) is 4.99. The molecule has 0 bridgehead atoms. The van der Waals surface area contributed by atoms with Gasteiger partial charge in [0.1, 0.15) is 5.75 Å². The molecule has 0 radical (unpaired) electrons. The van der Waals surface area contributed by atoms with Crippen molar-refractivity contribution in [1.82, 2.24) is 10.4 Å². The van der Waals surface area contributed by atoms with Gasteiger partial charge in [-0.25, -0.2) is 5.01 Å². The summed E-state index contributed by atoms with van der Waals surface area (Å²) >= 11 is 0. The Morgan fingerprint density at radius 1 is 1.31 bits per heavy atom. The Balaban J connectivity index is 3.16. The van der Waals surface area contributed by atoms with Crippen molar-refractivity contribution in [3.05, 3.63) is 28.8 Å². The molecule has 4 heteroatoms. The summed E-state index contributed by atoms with van der Waals surface area (Å²) in [6.45, 7) is 3.88. The zero-order valence-corrected chi connectivity index (χ0v) is 10.4. The first kappa shape index (κ1) is 12.5. The van der Waals surface area contributed by atoms with Crippen LogP contribution in [-0.2, 0) is 0 Å². The van der Waals surface area contributed by atoms with E-state index in [0.29, 0.717) is 11.3 Å². The fraction of sp³-hybridized carbons (Fsp3) is 0.417. The summed E-state index contributed by atoms with van der Waals surface area (Å²) in [5, 5.41) is 1.61. The third-order valence-electron chi connectivity index (χ3n) is 2.22. The second-order valence-electron chi connectivity index (χ2n) is 3.99. The maximum Gasteiger partial charge on any atom is 0.269 e. The Kier molecular flexibility index (Phi) is 3.90. The fourth-order valence-corrected chi connectivity index (χ4v) is 1.64. The van der Waals surface area contributed by atoms with Crippen LogP contribution in [0.5, 0.6) is 5.75 Å². The minimum atomic E-state index is -0.153. The number of nitrogens with zero attached hydrogens (tertiary/aromatic N) is 1. The summed E-state index contributed by atoms with van der Waals surface area (Å²) in [5.41, 5.74) is 5.29. The highest BCUT2D eigenvalue weighted by molar-refractivity contribution is 5.98. The van der Waals surface area contributed by atoms with E-state index in [2.05, 4.69) is 5.43 Å². The topological polar surface area (TPSA) is 41.6 Å². The molecule has 1 N–H and O–H groups in total. The molecule has 0 spiro atoms. The van der Waals surface area contributed by atoms with E-state index in [0.717, 1.165) is 11.1 Å². The molecule has 0 aromatic heterocycles. The first-order valence-electron chi connectivity index (χ1n) is 5.09. The number of benzene rings is 1. The molecule has 0 fully saturated rings. The number of hydrazine groups is 1. The highest BCUT2D eigenvalue weighted by Crippen LogP contribution is 2.23. The Morgan fingerprint density at radius 3 is 2.44 bits per heavy atom. The minimum absolute atomic E-state index is 0.153. The van der Waals surface area contributed by atoms with Crippen molar-refractivity contribution >= 4 is 5.91 Å².